The van der Waals surface area contributed by atoms with E-state index in [9.17, 15) is 4.79 Å². The molecule has 1 aromatic rings. The molecule has 0 aliphatic heterocycles. The molecule has 0 atom stereocenters. The average Bonchev–Trinajstić information content (AvgIpc) is 2.52. The first-order valence-electron chi connectivity index (χ1n) is 4.53. The van der Waals surface area contributed by atoms with Gasteiger partial charge in [0.2, 0.25) is 0 Å². The van der Waals surface area contributed by atoms with Crippen LogP contribution in [0.1, 0.15) is 25.0 Å². The standard InChI is InChI=1S/C11H14O2S/c1-4-13-11(12)8(2)5-10-7-14-6-9(10)3/h5-7H,4H2,1-3H3/b8-5+. The summed E-state index contributed by atoms with van der Waals surface area (Å²) in [7, 11) is 0. The highest BCUT2D eigenvalue weighted by Gasteiger charge is 2.05. The molecule has 0 bridgehead atoms. The Balaban J connectivity index is 2.78. The summed E-state index contributed by atoms with van der Waals surface area (Å²) in [5.41, 5.74) is 2.94. The van der Waals surface area contributed by atoms with E-state index >= 15 is 0 Å². The number of ether oxygens (including phenoxy) is 1. The molecule has 0 radical (unpaired) electrons. The van der Waals surface area contributed by atoms with Gasteiger partial charge in [0.15, 0.2) is 0 Å². The Kier molecular flexibility index (Phi) is 3.89. The molecular weight excluding hydrogens is 196 g/mol. The SMILES string of the molecule is CCOC(=O)/C(C)=C/c1cscc1C. The van der Waals surface area contributed by atoms with Crippen molar-refractivity contribution in [2.24, 2.45) is 0 Å². The van der Waals surface area contributed by atoms with Crippen molar-refractivity contribution in [2.75, 3.05) is 6.61 Å². The van der Waals surface area contributed by atoms with Gasteiger partial charge in [0, 0.05) is 5.57 Å². The van der Waals surface area contributed by atoms with E-state index in [0.29, 0.717) is 12.2 Å². The van der Waals surface area contributed by atoms with Gasteiger partial charge >= 0.3 is 5.97 Å². The number of carbonyl (C=O) groups excluding carboxylic acids is 1. The van der Waals surface area contributed by atoms with Gasteiger partial charge in [-0.05, 0) is 48.7 Å². The van der Waals surface area contributed by atoms with Gasteiger partial charge in [0.05, 0.1) is 6.61 Å². The largest absolute Gasteiger partial charge is 0.463 e. The van der Waals surface area contributed by atoms with Crippen molar-refractivity contribution in [3.05, 3.63) is 27.5 Å². The highest BCUT2D eigenvalue weighted by atomic mass is 32.1. The quantitative estimate of drug-likeness (QED) is 0.566. The van der Waals surface area contributed by atoms with Crippen LogP contribution in [0, 0.1) is 6.92 Å². The minimum absolute atomic E-state index is 0.238. The number of hydrogen-bond acceptors (Lipinski definition) is 3. The van der Waals surface area contributed by atoms with Gasteiger partial charge in [-0.25, -0.2) is 4.79 Å². The van der Waals surface area contributed by atoms with Gasteiger partial charge in [0.25, 0.3) is 0 Å². The first-order valence-corrected chi connectivity index (χ1v) is 5.47. The van der Waals surface area contributed by atoms with Crippen molar-refractivity contribution < 1.29 is 9.53 Å². The Morgan fingerprint density at radius 2 is 2.29 bits per heavy atom. The Morgan fingerprint density at radius 1 is 1.57 bits per heavy atom. The first-order chi connectivity index (χ1) is 6.65. The Bertz CT molecular complexity index is 350. The second kappa shape index (κ2) is 4.96. The molecule has 2 nitrogen and oxygen atoms in total. The van der Waals surface area contributed by atoms with Gasteiger partial charge < -0.3 is 4.74 Å². The second-order valence-corrected chi connectivity index (χ2v) is 3.80. The molecule has 1 rings (SSSR count). The van der Waals surface area contributed by atoms with Crippen molar-refractivity contribution in [1.82, 2.24) is 0 Å². The van der Waals surface area contributed by atoms with Crippen LogP contribution >= 0.6 is 11.3 Å². The molecule has 0 aliphatic rings. The predicted octanol–water partition coefficient (Wildman–Crippen LogP) is 3.02. The van der Waals surface area contributed by atoms with Gasteiger partial charge in [0.1, 0.15) is 0 Å². The summed E-state index contributed by atoms with van der Waals surface area (Å²) in [5.74, 6) is -0.238. The lowest BCUT2D eigenvalue weighted by Gasteiger charge is -2.00. The van der Waals surface area contributed by atoms with Crippen molar-refractivity contribution in [3.63, 3.8) is 0 Å². The Hall–Kier alpha value is -1.09. The molecule has 0 unspecified atom stereocenters. The van der Waals surface area contributed by atoms with Crippen LogP contribution in [0.4, 0.5) is 0 Å². The van der Waals surface area contributed by atoms with E-state index < -0.39 is 0 Å². The molecule has 3 heteroatoms. The zero-order valence-corrected chi connectivity index (χ0v) is 9.48. The van der Waals surface area contributed by atoms with Crippen LogP contribution in [0.2, 0.25) is 0 Å². The molecule has 0 spiro atoms. The third-order valence-corrected chi connectivity index (χ3v) is 2.74. The molecule has 0 aromatic carbocycles. The van der Waals surface area contributed by atoms with E-state index in [1.165, 1.54) is 5.56 Å². The average molecular weight is 210 g/mol. The van der Waals surface area contributed by atoms with E-state index in [1.54, 1.807) is 25.2 Å². The Labute approximate surface area is 88.2 Å². The molecule has 0 saturated carbocycles. The Morgan fingerprint density at radius 3 is 2.79 bits per heavy atom. The molecule has 0 aliphatic carbocycles. The summed E-state index contributed by atoms with van der Waals surface area (Å²) >= 11 is 1.64. The summed E-state index contributed by atoms with van der Waals surface area (Å²) in [6.07, 6.45) is 1.86. The van der Waals surface area contributed by atoms with Crippen LogP contribution in [-0.4, -0.2) is 12.6 Å². The molecule has 0 N–H and O–H groups in total. The van der Waals surface area contributed by atoms with Gasteiger partial charge in [-0.3, -0.25) is 0 Å². The van der Waals surface area contributed by atoms with E-state index in [-0.39, 0.29) is 5.97 Å². The van der Waals surface area contributed by atoms with E-state index in [2.05, 4.69) is 5.38 Å². The van der Waals surface area contributed by atoms with Crippen molar-refractivity contribution in [2.45, 2.75) is 20.8 Å². The van der Waals surface area contributed by atoms with Crippen molar-refractivity contribution in [1.29, 1.82) is 0 Å². The lowest BCUT2D eigenvalue weighted by molar-refractivity contribution is -0.138. The molecule has 0 amide bonds. The summed E-state index contributed by atoms with van der Waals surface area (Å²) < 4.78 is 4.89. The minimum atomic E-state index is -0.238. The monoisotopic (exact) mass is 210 g/mol. The van der Waals surface area contributed by atoms with Crippen LogP contribution in [0.25, 0.3) is 6.08 Å². The molecule has 76 valence electrons. The number of thiophene rings is 1. The van der Waals surface area contributed by atoms with Gasteiger partial charge in [-0.1, -0.05) is 0 Å². The molecule has 14 heavy (non-hydrogen) atoms. The zero-order chi connectivity index (χ0) is 10.6. The minimum Gasteiger partial charge on any atom is -0.463 e. The summed E-state index contributed by atoms with van der Waals surface area (Å²) in [4.78, 5) is 11.3. The van der Waals surface area contributed by atoms with Crippen LogP contribution in [0.3, 0.4) is 0 Å². The van der Waals surface area contributed by atoms with Gasteiger partial charge in [-0.2, -0.15) is 11.3 Å². The first kappa shape index (κ1) is 11.0. The van der Waals surface area contributed by atoms with Crippen molar-refractivity contribution >= 4 is 23.4 Å². The third-order valence-electron chi connectivity index (χ3n) is 1.86. The van der Waals surface area contributed by atoms with Crippen LogP contribution in [0.5, 0.6) is 0 Å². The van der Waals surface area contributed by atoms with Crippen LogP contribution < -0.4 is 0 Å². The number of esters is 1. The third kappa shape index (κ3) is 2.70. The molecular formula is C11H14O2S. The van der Waals surface area contributed by atoms with E-state index in [0.717, 1.165) is 5.56 Å². The van der Waals surface area contributed by atoms with Crippen molar-refractivity contribution in [3.8, 4) is 0 Å². The highest BCUT2D eigenvalue weighted by Crippen LogP contribution is 2.17. The van der Waals surface area contributed by atoms with Crippen LogP contribution in [-0.2, 0) is 9.53 Å². The predicted molar refractivity (Wildman–Crippen MR) is 59.3 cm³/mol. The van der Waals surface area contributed by atoms with Gasteiger partial charge in [-0.15, -0.1) is 0 Å². The smallest absolute Gasteiger partial charge is 0.333 e. The number of hydrogen-bond donors (Lipinski definition) is 0. The fraction of sp³-hybridized carbons (Fsp3) is 0.364. The molecule has 0 fully saturated rings. The van der Waals surface area contributed by atoms with Crippen LogP contribution in [0.15, 0.2) is 16.3 Å². The van der Waals surface area contributed by atoms with E-state index in [1.807, 2.05) is 18.4 Å². The zero-order valence-electron chi connectivity index (χ0n) is 8.66. The summed E-state index contributed by atoms with van der Waals surface area (Å²) in [5, 5.41) is 4.09. The lowest BCUT2D eigenvalue weighted by Crippen LogP contribution is -2.04. The maximum Gasteiger partial charge on any atom is 0.333 e. The fourth-order valence-electron chi connectivity index (χ4n) is 1.06. The normalized spacial score (nSPS) is 11.5. The maximum atomic E-state index is 11.3. The number of aryl methyl sites for hydroxylation is 1. The molecule has 0 saturated heterocycles. The summed E-state index contributed by atoms with van der Waals surface area (Å²) in [6, 6.07) is 0. The number of rotatable bonds is 3. The number of carbonyl (C=O) groups is 1. The fourth-order valence-corrected chi connectivity index (χ4v) is 1.86. The maximum absolute atomic E-state index is 11.3. The van der Waals surface area contributed by atoms with E-state index in [4.69, 9.17) is 4.74 Å². The highest BCUT2D eigenvalue weighted by molar-refractivity contribution is 7.08. The summed E-state index contributed by atoms with van der Waals surface area (Å²) in [6.45, 7) is 6.03. The second-order valence-electron chi connectivity index (χ2n) is 3.06. The molecule has 1 heterocycles. The lowest BCUT2D eigenvalue weighted by atomic mass is 10.1. The topological polar surface area (TPSA) is 26.3 Å². The molecule has 1 aromatic heterocycles.